The summed E-state index contributed by atoms with van der Waals surface area (Å²) in [7, 11) is 1.69. The van der Waals surface area contributed by atoms with Gasteiger partial charge in [0, 0.05) is 34.8 Å². The predicted molar refractivity (Wildman–Crippen MR) is 370 cm³/mol. The van der Waals surface area contributed by atoms with Crippen molar-refractivity contribution in [2.45, 2.75) is 115 Å². The number of nitrogens with zero attached hydrogens (tertiary/aromatic N) is 1. The summed E-state index contributed by atoms with van der Waals surface area (Å²) in [4.78, 5) is 47.9. The van der Waals surface area contributed by atoms with Crippen LogP contribution in [-0.4, -0.2) is 30.8 Å². The average Bonchev–Trinajstić information content (AvgIpc) is 1.68. The first kappa shape index (κ1) is 66.8. The molecule has 1 aliphatic carbocycles. The van der Waals surface area contributed by atoms with Crippen molar-refractivity contribution in [3.8, 4) is 45.3 Å². The molecule has 0 saturated heterocycles. The maximum Gasteiger partial charge on any atom is 0.343 e. The minimum absolute atomic E-state index is 0.00579. The fourth-order valence-corrected chi connectivity index (χ4v) is 11.4. The molecule has 0 aliphatic heterocycles. The number of carbonyl (C=O) groups is 4. The highest BCUT2D eigenvalue weighted by molar-refractivity contribution is 5.92. The first-order valence-electron chi connectivity index (χ1n) is 30.6. The van der Waals surface area contributed by atoms with E-state index in [9.17, 15) is 19.2 Å². The van der Waals surface area contributed by atoms with Gasteiger partial charge in [-0.2, -0.15) is 0 Å². The van der Waals surface area contributed by atoms with E-state index in [1.54, 1.807) is 31.4 Å². The predicted octanol–water partition coefficient (Wildman–Crippen LogP) is 20.3. The zero-order valence-corrected chi connectivity index (χ0v) is 55.4. The Labute approximate surface area is 538 Å². The third-order valence-electron chi connectivity index (χ3n) is 16.3. The van der Waals surface area contributed by atoms with Gasteiger partial charge in [0.15, 0.2) is 0 Å². The SMILES string of the molecule is CC(=O)Oc1c(C)cc(-c2cc(C)c(OC(=O)c3ccccc3)c(C)c2)cc1C.CC(C)=O.COc1ccc(C(C)(C)c2ccc(OC(=O)c3ccccc3)c(C)c2)cc1C.Cc1ccc(N(c2ccc(C)cc2)c2ccc3c(c2)C(C)(C)c2ccccc2-3)cc1. The second-order valence-corrected chi connectivity index (χ2v) is 24.6. The molecule has 0 heterocycles. The number of aryl methyl sites for hydroxylation is 8. The molecule has 0 bridgehead atoms. The molecule has 0 atom stereocenters. The number of benzene rings is 10. The molecule has 9 heteroatoms. The molecule has 10 aromatic carbocycles. The molecule has 0 amide bonds. The van der Waals surface area contributed by atoms with Crippen LogP contribution in [0.5, 0.6) is 23.0 Å². The van der Waals surface area contributed by atoms with Crippen LogP contribution in [-0.2, 0) is 20.4 Å². The molecule has 0 radical (unpaired) electrons. The standard InChI is InChI=1S/C29H27N.C25H24O4.C25H26O3.C3H6O/c1-20-9-13-22(14-10-20)30(23-15-11-21(2)12-16-23)24-17-18-26-25-7-5-6-8-27(25)29(3,4)28(26)19-24;1-15-11-21(12-16(2)23(15)28-19(5)26)22-13-17(3)24(18(4)14-22)29-25(27)20-9-7-6-8-10-20;1-17-15-20(11-13-22(17)27-5)25(3,4)21-12-14-23(18(2)16-21)28-24(26)19-9-7-6-8-10-19;1-3(2)4/h5-19H,1-4H3;6-14H,1-5H3;6-16H,1-5H3;1-2H3. The Morgan fingerprint density at radius 2 is 0.791 bits per heavy atom. The number of carbonyl (C=O) groups excluding carboxylic acids is 4. The zero-order chi connectivity index (χ0) is 65.9. The van der Waals surface area contributed by atoms with E-state index in [1.165, 1.54) is 76.8 Å². The highest BCUT2D eigenvalue weighted by Crippen LogP contribution is 2.51. The van der Waals surface area contributed by atoms with Gasteiger partial charge < -0.3 is 28.6 Å². The molecular weight excluding hydrogens is 1130 g/mol. The van der Waals surface area contributed by atoms with Crippen LogP contribution in [0.25, 0.3) is 22.3 Å². The third-order valence-corrected chi connectivity index (χ3v) is 16.3. The molecule has 0 saturated carbocycles. The number of hydrogen-bond acceptors (Lipinski definition) is 9. The molecule has 0 unspecified atom stereocenters. The smallest absolute Gasteiger partial charge is 0.343 e. The van der Waals surface area contributed by atoms with E-state index in [0.717, 1.165) is 55.8 Å². The van der Waals surface area contributed by atoms with Crippen LogP contribution in [0.4, 0.5) is 17.1 Å². The maximum atomic E-state index is 12.4. The van der Waals surface area contributed by atoms with Crippen LogP contribution >= 0.6 is 0 Å². The summed E-state index contributed by atoms with van der Waals surface area (Å²) >= 11 is 0. The normalized spacial score (nSPS) is 11.6. The Bertz CT molecular complexity index is 4160. The Balaban J connectivity index is 0.000000171. The Morgan fingerprint density at radius 1 is 0.396 bits per heavy atom. The Kier molecular flexibility index (Phi) is 21.3. The molecule has 464 valence electrons. The molecule has 0 spiro atoms. The van der Waals surface area contributed by atoms with Crippen molar-refractivity contribution in [3.05, 3.63) is 290 Å². The van der Waals surface area contributed by atoms with Crippen molar-refractivity contribution in [2.75, 3.05) is 12.0 Å². The fourth-order valence-electron chi connectivity index (χ4n) is 11.4. The lowest BCUT2D eigenvalue weighted by Gasteiger charge is -2.28. The van der Waals surface area contributed by atoms with Crippen LogP contribution in [0.1, 0.15) is 136 Å². The van der Waals surface area contributed by atoms with Crippen molar-refractivity contribution in [1.29, 1.82) is 0 Å². The molecule has 0 aromatic heterocycles. The van der Waals surface area contributed by atoms with Gasteiger partial charge in [-0.25, -0.2) is 9.59 Å². The lowest BCUT2D eigenvalue weighted by Crippen LogP contribution is -2.19. The number of methoxy groups -OCH3 is 1. The number of Topliss-reactive ketones (excluding diaryl/α,β-unsaturated/α-hetero) is 1. The second kappa shape index (κ2) is 29.0. The minimum Gasteiger partial charge on any atom is -0.496 e. The molecule has 11 rings (SSSR count). The van der Waals surface area contributed by atoms with Crippen LogP contribution < -0.4 is 23.8 Å². The number of fused-ring (bicyclic) bond motifs is 3. The lowest BCUT2D eigenvalue weighted by atomic mass is 9.77. The van der Waals surface area contributed by atoms with E-state index in [1.807, 2.05) is 113 Å². The Morgan fingerprint density at radius 3 is 1.23 bits per heavy atom. The maximum absolute atomic E-state index is 12.4. The lowest BCUT2D eigenvalue weighted by molar-refractivity contribution is -0.132. The number of ether oxygens (including phenoxy) is 4. The quantitative estimate of drug-likeness (QED) is 0.0873. The zero-order valence-electron chi connectivity index (χ0n) is 55.4. The van der Waals surface area contributed by atoms with E-state index >= 15 is 0 Å². The first-order valence-corrected chi connectivity index (χ1v) is 30.6. The third kappa shape index (κ3) is 16.0. The molecule has 0 N–H and O–H groups in total. The van der Waals surface area contributed by atoms with Gasteiger partial charge in [0.25, 0.3) is 0 Å². The van der Waals surface area contributed by atoms with E-state index in [-0.39, 0.29) is 34.5 Å². The van der Waals surface area contributed by atoms with Gasteiger partial charge in [-0.3, -0.25) is 4.79 Å². The fraction of sp³-hybridized carbons (Fsp3) is 0.220. The van der Waals surface area contributed by atoms with Crippen molar-refractivity contribution in [3.63, 3.8) is 0 Å². The van der Waals surface area contributed by atoms with Gasteiger partial charge in [-0.15, -0.1) is 0 Å². The number of esters is 3. The molecule has 1 aliphatic rings. The van der Waals surface area contributed by atoms with Crippen LogP contribution in [0.15, 0.2) is 212 Å². The summed E-state index contributed by atoms with van der Waals surface area (Å²) in [6, 6.07) is 71.6. The minimum atomic E-state index is -0.373. The summed E-state index contributed by atoms with van der Waals surface area (Å²) < 4.78 is 22.0. The van der Waals surface area contributed by atoms with Crippen molar-refractivity contribution in [1.82, 2.24) is 0 Å². The second-order valence-electron chi connectivity index (χ2n) is 24.6. The summed E-state index contributed by atoms with van der Waals surface area (Å²) in [6.45, 7) is 29.5. The highest BCUT2D eigenvalue weighted by atomic mass is 16.5. The summed E-state index contributed by atoms with van der Waals surface area (Å²) in [5.41, 5.74) is 22.5. The summed E-state index contributed by atoms with van der Waals surface area (Å²) in [6.07, 6.45) is 0. The van der Waals surface area contributed by atoms with Gasteiger partial charge in [0.1, 0.15) is 28.8 Å². The van der Waals surface area contributed by atoms with Crippen LogP contribution in [0, 0.1) is 55.4 Å². The van der Waals surface area contributed by atoms with Gasteiger partial charge in [-0.05, 0) is 244 Å². The largest absolute Gasteiger partial charge is 0.496 e. The number of anilines is 3. The average molecular weight is 1210 g/mol. The highest BCUT2D eigenvalue weighted by Gasteiger charge is 2.36. The molecule has 91 heavy (non-hydrogen) atoms. The molecule has 9 nitrogen and oxygen atoms in total. The van der Waals surface area contributed by atoms with Gasteiger partial charge in [0.05, 0.1) is 18.2 Å². The van der Waals surface area contributed by atoms with Crippen LogP contribution in [0.2, 0.25) is 0 Å². The van der Waals surface area contributed by atoms with Crippen molar-refractivity contribution in [2.24, 2.45) is 0 Å². The first-order chi connectivity index (χ1) is 43.3. The van der Waals surface area contributed by atoms with E-state index < -0.39 is 0 Å². The van der Waals surface area contributed by atoms with E-state index in [2.05, 4.69) is 163 Å². The van der Waals surface area contributed by atoms with E-state index in [0.29, 0.717) is 28.4 Å². The number of hydrogen-bond donors (Lipinski definition) is 0. The monoisotopic (exact) mass is 1210 g/mol. The van der Waals surface area contributed by atoms with Crippen molar-refractivity contribution < 1.29 is 38.1 Å². The molecular formula is C82H83NO8. The van der Waals surface area contributed by atoms with Crippen LogP contribution in [0.3, 0.4) is 0 Å². The summed E-state index contributed by atoms with van der Waals surface area (Å²) in [5.74, 6) is 1.76. The molecule has 0 fully saturated rings. The number of rotatable bonds is 12. The molecule has 10 aromatic rings. The van der Waals surface area contributed by atoms with Gasteiger partial charge in [0.2, 0.25) is 0 Å². The Hall–Kier alpha value is -10.1. The topological polar surface area (TPSA) is 108 Å². The van der Waals surface area contributed by atoms with Crippen molar-refractivity contribution >= 4 is 40.8 Å². The number of ketones is 1. The van der Waals surface area contributed by atoms with Gasteiger partial charge >= 0.3 is 17.9 Å². The summed E-state index contributed by atoms with van der Waals surface area (Å²) in [5, 5.41) is 0. The van der Waals surface area contributed by atoms with Gasteiger partial charge in [-0.1, -0.05) is 154 Å². The van der Waals surface area contributed by atoms with E-state index in [4.69, 9.17) is 18.9 Å².